The number of aromatic hydroxyl groups is 1. The van der Waals surface area contributed by atoms with Crippen molar-refractivity contribution in [3.05, 3.63) is 113 Å². The summed E-state index contributed by atoms with van der Waals surface area (Å²) in [6, 6.07) is 25.8. The number of phenols is 1. The van der Waals surface area contributed by atoms with Crippen LogP contribution in [0.4, 0.5) is 0 Å². The maximum absolute atomic E-state index is 14.0. The van der Waals surface area contributed by atoms with Gasteiger partial charge in [-0.05, 0) is 47.6 Å². The lowest BCUT2D eigenvalue weighted by Gasteiger charge is -2.44. The van der Waals surface area contributed by atoms with E-state index in [1.54, 1.807) is 18.2 Å². The summed E-state index contributed by atoms with van der Waals surface area (Å²) in [6.45, 7) is 0.411. The molecule has 3 fully saturated rings. The predicted molar refractivity (Wildman–Crippen MR) is 150 cm³/mol. The molecule has 2 heterocycles. The van der Waals surface area contributed by atoms with Crippen molar-refractivity contribution >= 4 is 23.6 Å². The minimum Gasteiger partial charge on any atom is -0.508 e. The standard InChI is InChI=1S/C34H30N2O5/c37-23-13-7-12-22(16-23)28-24-14-15-25-29(33(40)35(31(25)38)18-20-8-3-1-4-9-20)26(24)17-27-30(28)34(41)36(32(27)39)19-21-10-5-2-6-11-21/h1-14,16,25-30,37H,15,17-19H2. The van der Waals surface area contributed by atoms with Crippen LogP contribution < -0.4 is 0 Å². The maximum atomic E-state index is 14.0. The lowest BCUT2D eigenvalue weighted by molar-refractivity contribution is -0.142. The highest BCUT2D eigenvalue weighted by atomic mass is 16.3. The number of rotatable bonds is 5. The lowest BCUT2D eigenvalue weighted by Crippen LogP contribution is -2.43. The summed E-state index contributed by atoms with van der Waals surface area (Å²) in [5, 5.41) is 10.4. The monoisotopic (exact) mass is 546 g/mol. The molecular formula is C34H30N2O5. The molecule has 4 aliphatic rings. The fourth-order valence-corrected chi connectivity index (χ4v) is 7.66. The molecule has 3 aromatic rings. The molecule has 6 unspecified atom stereocenters. The average Bonchev–Trinajstić information content (AvgIpc) is 3.37. The van der Waals surface area contributed by atoms with Gasteiger partial charge in [-0.2, -0.15) is 0 Å². The molecule has 0 spiro atoms. The summed E-state index contributed by atoms with van der Waals surface area (Å²) in [5.41, 5.74) is 3.43. The zero-order valence-electron chi connectivity index (χ0n) is 22.4. The third-order valence-corrected chi connectivity index (χ3v) is 9.43. The molecule has 2 aliphatic carbocycles. The molecule has 0 radical (unpaired) electrons. The van der Waals surface area contributed by atoms with Gasteiger partial charge in [-0.15, -0.1) is 0 Å². The molecule has 7 heteroatoms. The van der Waals surface area contributed by atoms with Gasteiger partial charge in [0.15, 0.2) is 0 Å². The van der Waals surface area contributed by atoms with Crippen LogP contribution >= 0.6 is 0 Å². The minimum atomic E-state index is -0.625. The quantitative estimate of drug-likeness (QED) is 0.378. The number of fused-ring (bicyclic) bond motifs is 4. The molecule has 6 atom stereocenters. The van der Waals surface area contributed by atoms with Gasteiger partial charge in [0.1, 0.15) is 5.75 Å². The Labute approximate surface area is 238 Å². The van der Waals surface area contributed by atoms with Crippen LogP contribution in [-0.4, -0.2) is 38.5 Å². The van der Waals surface area contributed by atoms with Crippen molar-refractivity contribution in [2.24, 2.45) is 29.6 Å². The molecule has 3 aromatic carbocycles. The first-order chi connectivity index (χ1) is 19.9. The van der Waals surface area contributed by atoms with E-state index >= 15 is 0 Å². The Morgan fingerprint density at radius 3 is 1.83 bits per heavy atom. The third kappa shape index (κ3) is 4.10. The van der Waals surface area contributed by atoms with E-state index in [2.05, 4.69) is 0 Å². The number of allylic oxidation sites excluding steroid dienone is 2. The van der Waals surface area contributed by atoms with Crippen LogP contribution in [-0.2, 0) is 32.3 Å². The summed E-state index contributed by atoms with van der Waals surface area (Å²) >= 11 is 0. The molecule has 1 saturated carbocycles. The van der Waals surface area contributed by atoms with Gasteiger partial charge in [-0.25, -0.2) is 0 Å². The number of phenolic OH excluding ortho intramolecular Hbond substituents is 1. The number of carbonyl (C=O) groups is 4. The van der Waals surface area contributed by atoms with Crippen LogP contribution in [0.3, 0.4) is 0 Å². The van der Waals surface area contributed by atoms with E-state index in [0.29, 0.717) is 12.8 Å². The molecule has 2 saturated heterocycles. The van der Waals surface area contributed by atoms with Gasteiger partial charge >= 0.3 is 0 Å². The molecule has 1 N–H and O–H groups in total. The first-order valence-corrected chi connectivity index (χ1v) is 14.2. The van der Waals surface area contributed by atoms with Gasteiger partial charge in [0.05, 0.1) is 36.8 Å². The summed E-state index contributed by atoms with van der Waals surface area (Å²) in [4.78, 5) is 58.1. The van der Waals surface area contributed by atoms with Crippen molar-refractivity contribution in [1.82, 2.24) is 9.80 Å². The predicted octanol–water partition coefficient (Wildman–Crippen LogP) is 4.43. The van der Waals surface area contributed by atoms with Crippen LogP contribution in [0.25, 0.3) is 0 Å². The number of carbonyl (C=O) groups excluding carboxylic acids is 4. The number of amides is 4. The van der Waals surface area contributed by atoms with Gasteiger partial charge in [-0.3, -0.25) is 29.0 Å². The highest BCUT2D eigenvalue weighted by molar-refractivity contribution is 6.08. The van der Waals surface area contributed by atoms with Crippen molar-refractivity contribution in [1.29, 1.82) is 0 Å². The lowest BCUT2D eigenvalue weighted by atomic mass is 9.57. The van der Waals surface area contributed by atoms with Crippen LogP contribution in [0.5, 0.6) is 5.75 Å². The molecule has 206 valence electrons. The van der Waals surface area contributed by atoms with Crippen molar-refractivity contribution < 1.29 is 24.3 Å². The van der Waals surface area contributed by atoms with Gasteiger partial charge in [0.25, 0.3) is 0 Å². The molecule has 4 amide bonds. The van der Waals surface area contributed by atoms with E-state index in [1.807, 2.05) is 72.8 Å². The number of nitrogens with zero attached hydrogens (tertiary/aromatic N) is 2. The zero-order chi connectivity index (χ0) is 28.2. The topological polar surface area (TPSA) is 95.0 Å². The molecule has 0 aromatic heterocycles. The van der Waals surface area contributed by atoms with Crippen molar-refractivity contribution in [3.8, 4) is 5.75 Å². The Kier molecular flexibility index (Phi) is 6.11. The van der Waals surface area contributed by atoms with E-state index in [-0.39, 0.29) is 48.4 Å². The first-order valence-electron chi connectivity index (χ1n) is 14.2. The Morgan fingerprint density at radius 2 is 1.22 bits per heavy atom. The van der Waals surface area contributed by atoms with Gasteiger partial charge < -0.3 is 5.11 Å². The summed E-state index contributed by atoms with van der Waals surface area (Å²) < 4.78 is 0. The largest absolute Gasteiger partial charge is 0.508 e. The van der Waals surface area contributed by atoms with Gasteiger partial charge in [0.2, 0.25) is 23.6 Å². The summed E-state index contributed by atoms with van der Waals surface area (Å²) in [7, 11) is 0. The van der Waals surface area contributed by atoms with E-state index in [1.165, 1.54) is 9.80 Å². The second kappa shape index (κ2) is 9.84. The van der Waals surface area contributed by atoms with E-state index in [0.717, 1.165) is 22.3 Å². The Hall–Kier alpha value is -4.52. The van der Waals surface area contributed by atoms with Crippen molar-refractivity contribution in [3.63, 3.8) is 0 Å². The fraction of sp³-hybridized carbons (Fsp3) is 0.294. The van der Waals surface area contributed by atoms with Crippen LogP contribution in [0.15, 0.2) is 96.6 Å². The van der Waals surface area contributed by atoms with E-state index in [4.69, 9.17) is 0 Å². The zero-order valence-corrected chi connectivity index (χ0v) is 22.4. The van der Waals surface area contributed by atoms with Crippen LogP contribution in [0, 0.1) is 29.6 Å². The SMILES string of the molecule is O=C1C2CC=C3C(CC4C(=O)N(Cc5ccccc5)C(=O)C4C3c3cccc(O)c3)C2C(=O)N1Cc1ccccc1. The first kappa shape index (κ1) is 25.4. The Balaban J connectivity index is 1.27. The molecule has 41 heavy (non-hydrogen) atoms. The van der Waals surface area contributed by atoms with E-state index in [9.17, 15) is 24.3 Å². The Morgan fingerprint density at radius 1 is 0.634 bits per heavy atom. The summed E-state index contributed by atoms with van der Waals surface area (Å²) in [6.07, 6.45) is 2.79. The second-order valence-corrected chi connectivity index (χ2v) is 11.6. The number of imide groups is 2. The average molecular weight is 547 g/mol. The Bertz CT molecular complexity index is 1580. The van der Waals surface area contributed by atoms with Crippen LogP contribution in [0.1, 0.15) is 35.4 Å². The van der Waals surface area contributed by atoms with Crippen LogP contribution in [0.2, 0.25) is 0 Å². The number of benzene rings is 3. The molecule has 2 aliphatic heterocycles. The normalized spacial score (nSPS) is 28.8. The van der Waals surface area contributed by atoms with Crippen molar-refractivity contribution in [2.75, 3.05) is 0 Å². The van der Waals surface area contributed by atoms with Crippen molar-refractivity contribution in [2.45, 2.75) is 31.8 Å². The molecule has 7 nitrogen and oxygen atoms in total. The molecule has 0 bridgehead atoms. The van der Waals surface area contributed by atoms with E-state index < -0.39 is 29.6 Å². The van der Waals surface area contributed by atoms with Gasteiger partial charge in [-0.1, -0.05) is 84.4 Å². The highest BCUT2D eigenvalue weighted by Crippen LogP contribution is 2.58. The second-order valence-electron chi connectivity index (χ2n) is 11.6. The maximum Gasteiger partial charge on any atom is 0.234 e. The fourth-order valence-electron chi connectivity index (χ4n) is 7.66. The third-order valence-electron chi connectivity index (χ3n) is 9.43. The van der Waals surface area contributed by atoms with Gasteiger partial charge in [0, 0.05) is 5.92 Å². The molecular weight excluding hydrogens is 516 g/mol. The smallest absolute Gasteiger partial charge is 0.234 e. The number of hydrogen-bond donors (Lipinski definition) is 1. The minimum absolute atomic E-state index is 0.0783. The molecule has 7 rings (SSSR count). The number of hydrogen-bond acceptors (Lipinski definition) is 5. The highest BCUT2D eigenvalue weighted by Gasteiger charge is 2.61. The summed E-state index contributed by atoms with van der Waals surface area (Å²) in [5.74, 6) is -3.83. The number of likely N-dealkylation sites (tertiary alicyclic amines) is 2.